The molecule has 4 nitrogen and oxygen atoms in total. The number of nitrogens with zero attached hydrogens (tertiary/aromatic N) is 1. The van der Waals surface area contributed by atoms with Gasteiger partial charge in [0.15, 0.2) is 0 Å². The molecule has 0 bridgehead atoms. The average Bonchev–Trinajstić information content (AvgIpc) is 2.33. The van der Waals surface area contributed by atoms with Gasteiger partial charge in [0.05, 0.1) is 6.54 Å². The molecule has 0 aromatic heterocycles. The lowest BCUT2D eigenvalue weighted by Gasteiger charge is -2.29. The van der Waals surface area contributed by atoms with E-state index < -0.39 is 0 Å². The molecule has 3 N–H and O–H groups in total. The molecule has 118 valence electrons. The SMILES string of the molecule is Cc1cc(CNC(C)(C)C)ccc1N(CC(N)=O)C(C)C. The van der Waals surface area contributed by atoms with E-state index in [1.165, 1.54) is 5.56 Å². The van der Waals surface area contributed by atoms with Crippen molar-refractivity contribution in [2.45, 2.75) is 59.7 Å². The highest BCUT2D eigenvalue weighted by molar-refractivity contribution is 5.80. The Morgan fingerprint density at radius 3 is 2.38 bits per heavy atom. The molecule has 0 aliphatic heterocycles. The number of hydrogen-bond acceptors (Lipinski definition) is 3. The van der Waals surface area contributed by atoms with E-state index in [9.17, 15) is 4.79 Å². The minimum Gasteiger partial charge on any atom is -0.368 e. The standard InChI is InChI=1S/C17H29N3O/c1-12(2)20(11-16(18)21)15-8-7-14(9-13(15)3)10-19-17(4,5)6/h7-9,12,19H,10-11H2,1-6H3,(H2,18,21). The minimum atomic E-state index is -0.304. The molecule has 1 amide bonds. The number of carbonyl (C=O) groups excluding carboxylic acids is 1. The molecule has 0 saturated heterocycles. The topological polar surface area (TPSA) is 58.4 Å². The second kappa shape index (κ2) is 6.94. The number of benzene rings is 1. The summed E-state index contributed by atoms with van der Waals surface area (Å²) in [5.41, 5.74) is 8.94. The number of hydrogen-bond donors (Lipinski definition) is 2. The van der Waals surface area contributed by atoms with Crippen LogP contribution in [0.3, 0.4) is 0 Å². The van der Waals surface area contributed by atoms with Crippen molar-refractivity contribution in [3.63, 3.8) is 0 Å². The van der Waals surface area contributed by atoms with Crippen molar-refractivity contribution in [2.24, 2.45) is 5.73 Å². The van der Waals surface area contributed by atoms with Crippen LogP contribution in [0.1, 0.15) is 45.7 Å². The van der Waals surface area contributed by atoms with Crippen molar-refractivity contribution in [3.8, 4) is 0 Å². The van der Waals surface area contributed by atoms with Crippen molar-refractivity contribution in [1.82, 2.24) is 5.32 Å². The Morgan fingerprint density at radius 1 is 1.33 bits per heavy atom. The third-order valence-corrected chi connectivity index (χ3v) is 3.34. The Balaban J connectivity index is 2.92. The lowest BCUT2D eigenvalue weighted by molar-refractivity contribution is -0.116. The van der Waals surface area contributed by atoms with Crippen molar-refractivity contribution < 1.29 is 4.79 Å². The van der Waals surface area contributed by atoms with Crippen molar-refractivity contribution >= 4 is 11.6 Å². The van der Waals surface area contributed by atoms with Crippen LogP contribution in [-0.2, 0) is 11.3 Å². The quantitative estimate of drug-likeness (QED) is 0.847. The lowest BCUT2D eigenvalue weighted by Crippen LogP contribution is -2.39. The number of carbonyl (C=O) groups is 1. The predicted octanol–water partition coefficient (Wildman–Crippen LogP) is 2.58. The van der Waals surface area contributed by atoms with Gasteiger partial charge in [-0.05, 0) is 58.7 Å². The van der Waals surface area contributed by atoms with Crippen LogP contribution < -0.4 is 16.0 Å². The Kier molecular flexibility index (Phi) is 5.78. The van der Waals surface area contributed by atoms with Crippen LogP contribution in [0, 0.1) is 6.92 Å². The summed E-state index contributed by atoms with van der Waals surface area (Å²) in [6.45, 7) is 13.8. The molecule has 0 spiro atoms. The second-order valence-electron chi connectivity index (χ2n) is 6.91. The van der Waals surface area contributed by atoms with Crippen molar-refractivity contribution in [1.29, 1.82) is 0 Å². The Morgan fingerprint density at radius 2 is 1.95 bits per heavy atom. The van der Waals surface area contributed by atoms with Gasteiger partial charge in [-0.2, -0.15) is 0 Å². The Labute approximate surface area is 128 Å². The molecule has 0 aliphatic rings. The fraction of sp³-hybridized carbons (Fsp3) is 0.588. The second-order valence-corrected chi connectivity index (χ2v) is 6.91. The van der Waals surface area contributed by atoms with Gasteiger partial charge in [-0.15, -0.1) is 0 Å². The molecule has 0 unspecified atom stereocenters. The Hall–Kier alpha value is -1.55. The first-order chi connectivity index (χ1) is 9.60. The number of nitrogens with one attached hydrogen (secondary N) is 1. The van der Waals surface area contributed by atoms with Gasteiger partial charge in [0.1, 0.15) is 0 Å². The summed E-state index contributed by atoms with van der Waals surface area (Å²) in [6.07, 6.45) is 0. The maximum atomic E-state index is 11.2. The number of aryl methyl sites for hydroxylation is 1. The molecule has 1 aromatic carbocycles. The van der Waals surface area contributed by atoms with Gasteiger partial charge in [0, 0.05) is 23.8 Å². The first-order valence-corrected chi connectivity index (χ1v) is 7.49. The van der Waals surface area contributed by atoms with E-state index in [0.29, 0.717) is 0 Å². The van der Waals surface area contributed by atoms with Gasteiger partial charge in [0.2, 0.25) is 5.91 Å². The molecule has 0 saturated carbocycles. The summed E-state index contributed by atoms with van der Waals surface area (Å²) < 4.78 is 0. The summed E-state index contributed by atoms with van der Waals surface area (Å²) in [4.78, 5) is 13.3. The molecule has 0 aliphatic carbocycles. The van der Waals surface area contributed by atoms with E-state index in [1.807, 2.05) is 4.90 Å². The van der Waals surface area contributed by atoms with Crippen LogP contribution in [-0.4, -0.2) is 24.0 Å². The van der Waals surface area contributed by atoms with Crippen LogP contribution in [0.15, 0.2) is 18.2 Å². The molecule has 1 aromatic rings. The van der Waals surface area contributed by atoms with Gasteiger partial charge in [-0.3, -0.25) is 4.79 Å². The third-order valence-electron chi connectivity index (χ3n) is 3.34. The van der Waals surface area contributed by atoms with Crippen LogP contribution in [0.2, 0.25) is 0 Å². The number of nitrogens with two attached hydrogens (primary N) is 1. The molecule has 0 radical (unpaired) electrons. The molecule has 4 heteroatoms. The molecule has 1 rings (SSSR count). The van der Waals surface area contributed by atoms with E-state index >= 15 is 0 Å². The predicted molar refractivity (Wildman–Crippen MR) is 89.4 cm³/mol. The monoisotopic (exact) mass is 291 g/mol. The van der Waals surface area contributed by atoms with E-state index in [2.05, 4.69) is 65.1 Å². The highest BCUT2D eigenvalue weighted by Gasteiger charge is 2.16. The fourth-order valence-corrected chi connectivity index (χ4v) is 2.23. The van der Waals surface area contributed by atoms with Crippen LogP contribution in [0.5, 0.6) is 0 Å². The summed E-state index contributed by atoms with van der Waals surface area (Å²) in [7, 11) is 0. The van der Waals surface area contributed by atoms with Crippen molar-refractivity contribution in [2.75, 3.05) is 11.4 Å². The lowest BCUT2D eigenvalue weighted by atomic mass is 10.1. The van der Waals surface area contributed by atoms with Crippen LogP contribution >= 0.6 is 0 Å². The summed E-state index contributed by atoms with van der Waals surface area (Å²) in [5.74, 6) is -0.304. The highest BCUT2D eigenvalue weighted by Crippen LogP contribution is 2.23. The van der Waals surface area contributed by atoms with E-state index in [1.54, 1.807) is 0 Å². The number of amides is 1. The van der Waals surface area contributed by atoms with Gasteiger partial charge in [0.25, 0.3) is 0 Å². The average molecular weight is 291 g/mol. The van der Waals surface area contributed by atoms with Crippen LogP contribution in [0.4, 0.5) is 5.69 Å². The van der Waals surface area contributed by atoms with E-state index in [4.69, 9.17) is 5.73 Å². The largest absolute Gasteiger partial charge is 0.368 e. The number of primary amides is 1. The Bertz CT molecular complexity index is 489. The van der Waals surface area contributed by atoms with Gasteiger partial charge >= 0.3 is 0 Å². The maximum absolute atomic E-state index is 11.2. The number of anilines is 1. The molecule has 0 heterocycles. The third kappa shape index (κ3) is 5.76. The summed E-state index contributed by atoms with van der Waals surface area (Å²) >= 11 is 0. The van der Waals surface area contributed by atoms with E-state index in [-0.39, 0.29) is 24.0 Å². The van der Waals surface area contributed by atoms with Gasteiger partial charge < -0.3 is 16.0 Å². The van der Waals surface area contributed by atoms with Crippen molar-refractivity contribution in [3.05, 3.63) is 29.3 Å². The minimum absolute atomic E-state index is 0.0997. The normalized spacial score (nSPS) is 11.8. The zero-order chi connectivity index (χ0) is 16.2. The fourth-order valence-electron chi connectivity index (χ4n) is 2.23. The highest BCUT2D eigenvalue weighted by atomic mass is 16.1. The molecule has 21 heavy (non-hydrogen) atoms. The molecule has 0 fully saturated rings. The number of rotatable bonds is 6. The van der Waals surface area contributed by atoms with Crippen LogP contribution in [0.25, 0.3) is 0 Å². The summed E-state index contributed by atoms with van der Waals surface area (Å²) in [6, 6.07) is 6.59. The van der Waals surface area contributed by atoms with E-state index in [0.717, 1.165) is 17.8 Å². The zero-order valence-corrected chi connectivity index (χ0v) is 14.2. The molecular weight excluding hydrogens is 262 g/mol. The molecular formula is C17H29N3O. The zero-order valence-electron chi connectivity index (χ0n) is 14.2. The van der Waals surface area contributed by atoms with Gasteiger partial charge in [-0.1, -0.05) is 12.1 Å². The maximum Gasteiger partial charge on any atom is 0.236 e. The first kappa shape index (κ1) is 17.5. The first-order valence-electron chi connectivity index (χ1n) is 7.49. The molecule has 0 atom stereocenters. The smallest absolute Gasteiger partial charge is 0.236 e. The van der Waals surface area contributed by atoms with Gasteiger partial charge in [-0.25, -0.2) is 0 Å². The summed E-state index contributed by atoms with van der Waals surface area (Å²) in [5, 5.41) is 3.48.